The maximum Gasteiger partial charge on any atom is 0.281 e. The van der Waals surface area contributed by atoms with Crippen molar-refractivity contribution in [3.63, 3.8) is 0 Å². The van der Waals surface area contributed by atoms with Crippen LogP contribution >= 0.6 is 11.8 Å². The summed E-state index contributed by atoms with van der Waals surface area (Å²) in [6.07, 6.45) is 2.38. The lowest BCUT2D eigenvalue weighted by Gasteiger charge is -2.32. The summed E-state index contributed by atoms with van der Waals surface area (Å²) >= 11 is 1.86. The highest BCUT2D eigenvalue weighted by atomic mass is 32.2. The van der Waals surface area contributed by atoms with Gasteiger partial charge < -0.3 is 5.32 Å². The number of benzene rings is 1. The van der Waals surface area contributed by atoms with E-state index >= 15 is 0 Å². The Hall–Kier alpha value is -1.09. The van der Waals surface area contributed by atoms with Crippen LogP contribution in [0, 0.1) is 5.92 Å². The van der Waals surface area contributed by atoms with Crippen LogP contribution in [0.5, 0.6) is 0 Å². The van der Waals surface area contributed by atoms with Crippen molar-refractivity contribution in [3.05, 3.63) is 35.9 Å². The zero-order valence-corrected chi connectivity index (χ0v) is 17.2. The molecular weight excluding hydrogens is 370 g/mol. The standard InChI is InChI=1S/C18H29N3O3S2/c1-20(2)26(23,24)21-12-6-10-17(14-21)18(22)19-11-7-13-25-15-16-8-4-3-5-9-16/h3-5,8-9,17H,6-7,10-15H2,1-2H3,(H,19,22)/t17-/m1/s1. The number of carbonyl (C=O) groups is 1. The monoisotopic (exact) mass is 399 g/mol. The topological polar surface area (TPSA) is 69.7 Å². The lowest BCUT2D eigenvalue weighted by Crippen LogP contribution is -2.48. The van der Waals surface area contributed by atoms with E-state index in [-0.39, 0.29) is 18.4 Å². The molecule has 146 valence electrons. The first kappa shape index (κ1) is 21.2. The molecule has 6 nitrogen and oxygen atoms in total. The fourth-order valence-electron chi connectivity index (χ4n) is 2.89. The fourth-order valence-corrected chi connectivity index (χ4v) is 5.00. The van der Waals surface area contributed by atoms with Crippen LogP contribution in [0.1, 0.15) is 24.8 Å². The summed E-state index contributed by atoms with van der Waals surface area (Å²) in [5.74, 6) is 1.68. The van der Waals surface area contributed by atoms with Crippen molar-refractivity contribution in [2.75, 3.05) is 39.5 Å². The molecule has 1 aliphatic rings. The van der Waals surface area contributed by atoms with Crippen molar-refractivity contribution in [3.8, 4) is 0 Å². The van der Waals surface area contributed by atoms with E-state index in [4.69, 9.17) is 0 Å². The van der Waals surface area contributed by atoms with Crippen LogP contribution in [0.4, 0.5) is 0 Å². The van der Waals surface area contributed by atoms with Crippen LogP contribution in [-0.2, 0) is 20.8 Å². The molecule has 0 bridgehead atoms. The number of thioether (sulfide) groups is 1. The van der Waals surface area contributed by atoms with E-state index in [1.807, 2.05) is 30.0 Å². The molecule has 0 radical (unpaired) electrons. The Morgan fingerprint density at radius 2 is 2.04 bits per heavy atom. The highest BCUT2D eigenvalue weighted by molar-refractivity contribution is 7.98. The molecule has 0 unspecified atom stereocenters. The molecule has 1 fully saturated rings. The highest BCUT2D eigenvalue weighted by Crippen LogP contribution is 2.20. The summed E-state index contributed by atoms with van der Waals surface area (Å²) in [4.78, 5) is 12.3. The molecule has 0 aromatic heterocycles. The van der Waals surface area contributed by atoms with Crippen LogP contribution in [0.25, 0.3) is 0 Å². The first-order chi connectivity index (χ1) is 12.4. The molecule has 1 heterocycles. The first-order valence-electron chi connectivity index (χ1n) is 8.98. The van der Waals surface area contributed by atoms with E-state index in [1.54, 1.807) is 0 Å². The normalized spacial score (nSPS) is 18.8. The second kappa shape index (κ2) is 10.3. The van der Waals surface area contributed by atoms with E-state index in [9.17, 15) is 13.2 Å². The zero-order valence-electron chi connectivity index (χ0n) is 15.6. The van der Waals surface area contributed by atoms with Gasteiger partial charge in [0, 0.05) is 39.5 Å². The molecule has 1 aromatic carbocycles. The van der Waals surface area contributed by atoms with Crippen molar-refractivity contribution >= 4 is 27.9 Å². The summed E-state index contributed by atoms with van der Waals surface area (Å²) < 4.78 is 27.1. The minimum Gasteiger partial charge on any atom is -0.356 e. The number of hydrogen-bond acceptors (Lipinski definition) is 4. The number of rotatable bonds is 9. The Kier molecular flexibility index (Phi) is 8.40. The first-order valence-corrected chi connectivity index (χ1v) is 11.5. The highest BCUT2D eigenvalue weighted by Gasteiger charge is 2.33. The largest absolute Gasteiger partial charge is 0.356 e. The number of hydrogen-bond donors (Lipinski definition) is 1. The molecule has 1 amide bonds. The van der Waals surface area contributed by atoms with Gasteiger partial charge in [-0.2, -0.15) is 28.8 Å². The molecule has 0 saturated carbocycles. The minimum atomic E-state index is -3.44. The molecule has 0 spiro atoms. The Labute approximate surface area is 161 Å². The maximum absolute atomic E-state index is 12.3. The van der Waals surface area contributed by atoms with Gasteiger partial charge in [0.2, 0.25) is 5.91 Å². The summed E-state index contributed by atoms with van der Waals surface area (Å²) in [6.45, 7) is 1.40. The Morgan fingerprint density at radius 1 is 1.31 bits per heavy atom. The van der Waals surface area contributed by atoms with Crippen LogP contribution in [0.3, 0.4) is 0 Å². The lowest BCUT2D eigenvalue weighted by atomic mass is 9.99. The minimum absolute atomic E-state index is 0.0308. The third-order valence-corrected chi connectivity index (χ3v) is 7.44. The lowest BCUT2D eigenvalue weighted by molar-refractivity contribution is -0.126. The van der Waals surface area contributed by atoms with Crippen LogP contribution in [-0.4, -0.2) is 62.4 Å². The van der Waals surface area contributed by atoms with E-state index in [2.05, 4.69) is 17.4 Å². The molecule has 1 aromatic rings. The van der Waals surface area contributed by atoms with Gasteiger partial charge >= 0.3 is 0 Å². The fraction of sp³-hybridized carbons (Fsp3) is 0.611. The molecule has 26 heavy (non-hydrogen) atoms. The predicted octanol–water partition coefficient (Wildman–Crippen LogP) is 1.94. The quantitative estimate of drug-likeness (QED) is 0.645. The van der Waals surface area contributed by atoms with Crippen LogP contribution in [0.2, 0.25) is 0 Å². The molecule has 2 rings (SSSR count). The summed E-state index contributed by atoms with van der Waals surface area (Å²) in [7, 11) is -0.402. The molecule has 1 aliphatic heterocycles. The summed E-state index contributed by atoms with van der Waals surface area (Å²) in [5, 5.41) is 2.96. The van der Waals surface area contributed by atoms with Crippen molar-refractivity contribution in [2.24, 2.45) is 5.92 Å². The number of amides is 1. The van der Waals surface area contributed by atoms with Crippen LogP contribution in [0.15, 0.2) is 30.3 Å². The van der Waals surface area contributed by atoms with Crippen LogP contribution < -0.4 is 5.32 Å². The molecule has 0 aliphatic carbocycles. The van der Waals surface area contributed by atoms with Gasteiger partial charge in [-0.15, -0.1) is 0 Å². The average Bonchev–Trinajstić information content (AvgIpc) is 2.65. The number of nitrogens with one attached hydrogen (secondary N) is 1. The van der Waals surface area contributed by atoms with Crippen molar-refractivity contribution in [1.82, 2.24) is 13.9 Å². The number of nitrogens with zero attached hydrogens (tertiary/aromatic N) is 2. The van der Waals surface area contributed by atoms with Gasteiger partial charge in [-0.3, -0.25) is 4.79 Å². The predicted molar refractivity (Wildman–Crippen MR) is 107 cm³/mol. The van der Waals surface area contributed by atoms with Gasteiger partial charge in [0.05, 0.1) is 5.92 Å². The van der Waals surface area contributed by atoms with Gasteiger partial charge in [-0.05, 0) is 30.6 Å². The van der Waals surface area contributed by atoms with E-state index in [1.165, 1.54) is 28.3 Å². The molecule has 8 heteroatoms. The third-order valence-electron chi connectivity index (χ3n) is 4.42. The summed E-state index contributed by atoms with van der Waals surface area (Å²) in [5.41, 5.74) is 1.31. The van der Waals surface area contributed by atoms with Gasteiger partial charge in [0.1, 0.15) is 0 Å². The summed E-state index contributed by atoms with van der Waals surface area (Å²) in [6, 6.07) is 10.3. The van der Waals surface area contributed by atoms with E-state index in [0.29, 0.717) is 13.1 Å². The second-order valence-electron chi connectivity index (χ2n) is 6.67. The third kappa shape index (κ3) is 6.26. The Balaban J connectivity index is 1.66. The number of carbonyl (C=O) groups excluding carboxylic acids is 1. The second-order valence-corrected chi connectivity index (χ2v) is 9.92. The van der Waals surface area contributed by atoms with Crippen molar-refractivity contribution < 1.29 is 13.2 Å². The SMILES string of the molecule is CN(C)S(=O)(=O)N1CCC[C@@H](C(=O)NCCCSCc2ccccc2)C1. The molecule has 1 N–H and O–H groups in total. The van der Waals surface area contributed by atoms with Crippen molar-refractivity contribution in [2.45, 2.75) is 25.0 Å². The maximum atomic E-state index is 12.3. The van der Waals surface area contributed by atoms with Gasteiger partial charge in [-0.1, -0.05) is 30.3 Å². The number of piperidine rings is 1. The molecular formula is C18H29N3O3S2. The van der Waals surface area contributed by atoms with Gasteiger partial charge in [-0.25, -0.2) is 0 Å². The Morgan fingerprint density at radius 3 is 2.73 bits per heavy atom. The zero-order chi connectivity index (χ0) is 19.0. The molecule has 1 atom stereocenters. The van der Waals surface area contributed by atoms with E-state index in [0.717, 1.165) is 30.8 Å². The van der Waals surface area contributed by atoms with E-state index < -0.39 is 10.2 Å². The molecule has 1 saturated heterocycles. The Bertz CT molecular complexity index is 666. The van der Waals surface area contributed by atoms with Gasteiger partial charge in [0.25, 0.3) is 10.2 Å². The van der Waals surface area contributed by atoms with Crippen molar-refractivity contribution in [1.29, 1.82) is 0 Å². The average molecular weight is 400 g/mol. The smallest absolute Gasteiger partial charge is 0.281 e. The van der Waals surface area contributed by atoms with Gasteiger partial charge in [0.15, 0.2) is 0 Å².